The minimum Gasteiger partial charge on any atom is -0.455 e. The zero-order chi connectivity index (χ0) is 17.3. The fourth-order valence-electron chi connectivity index (χ4n) is 2.29. The van der Waals surface area contributed by atoms with E-state index in [1.807, 2.05) is 66.7 Å². The van der Waals surface area contributed by atoms with E-state index in [1.165, 1.54) is 0 Å². The van der Waals surface area contributed by atoms with Crippen LogP contribution in [-0.2, 0) is 11.3 Å². The van der Waals surface area contributed by atoms with Gasteiger partial charge in [0.15, 0.2) is 5.75 Å². The first kappa shape index (κ1) is 16.7. The Morgan fingerprint density at radius 2 is 1.76 bits per heavy atom. The molecule has 5 nitrogen and oxygen atoms in total. The number of pyridine rings is 1. The molecule has 3 aromatic rings. The van der Waals surface area contributed by atoms with Crippen LogP contribution in [0.4, 0.5) is 5.69 Å². The monoisotopic (exact) mass is 333 g/mol. The minimum atomic E-state index is -0.131. The van der Waals surface area contributed by atoms with Crippen molar-refractivity contribution >= 4 is 11.6 Å². The van der Waals surface area contributed by atoms with Crippen molar-refractivity contribution in [3.63, 3.8) is 0 Å². The second-order valence-electron chi connectivity index (χ2n) is 5.42. The van der Waals surface area contributed by atoms with E-state index in [4.69, 9.17) is 4.74 Å². The second kappa shape index (κ2) is 8.61. The number of para-hydroxylation sites is 3. The van der Waals surface area contributed by atoms with Crippen molar-refractivity contribution in [1.29, 1.82) is 0 Å². The molecular weight excluding hydrogens is 314 g/mol. The number of carbonyl (C=O) groups is 1. The summed E-state index contributed by atoms with van der Waals surface area (Å²) in [7, 11) is 0. The third-order valence-electron chi connectivity index (χ3n) is 3.47. The van der Waals surface area contributed by atoms with E-state index >= 15 is 0 Å². The molecule has 0 aliphatic rings. The highest BCUT2D eigenvalue weighted by atomic mass is 16.5. The van der Waals surface area contributed by atoms with Gasteiger partial charge in [0.25, 0.3) is 0 Å². The zero-order valence-electron chi connectivity index (χ0n) is 13.7. The number of carbonyl (C=O) groups excluding carboxylic acids is 1. The van der Waals surface area contributed by atoms with Gasteiger partial charge in [0.1, 0.15) is 5.75 Å². The van der Waals surface area contributed by atoms with Crippen LogP contribution in [0.3, 0.4) is 0 Å². The van der Waals surface area contributed by atoms with Crippen molar-refractivity contribution in [3.8, 4) is 11.5 Å². The zero-order valence-corrected chi connectivity index (χ0v) is 13.7. The summed E-state index contributed by atoms with van der Waals surface area (Å²) < 4.78 is 5.84. The summed E-state index contributed by atoms with van der Waals surface area (Å²) in [5.41, 5.74) is 1.67. The van der Waals surface area contributed by atoms with Gasteiger partial charge in [0, 0.05) is 18.9 Å². The van der Waals surface area contributed by atoms with E-state index in [1.54, 1.807) is 12.4 Å². The standard InChI is InChI=1S/C20H19N3O2/c24-20(15-22-14-16-7-6-12-21-13-16)23-18-10-4-5-11-19(18)25-17-8-2-1-3-9-17/h1-13,22H,14-15H2,(H,23,24). The first-order valence-corrected chi connectivity index (χ1v) is 8.03. The number of hydrogen-bond donors (Lipinski definition) is 2. The van der Waals surface area contributed by atoms with Crippen LogP contribution in [0.5, 0.6) is 11.5 Å². The largest absolute Gasteiger partial charge is 0.455 e. The van der Waals surface area contributed by atoms with Crippen molar-refractivity contribution in [2.45, 2.75) is 6.54 Å². The van der Waals surface area contributed by atoms with Gasteiger partial charge in [-0.25, -0.2) is 0 Å². The number of ether oxygens (including phenoxy) is 1. The van der Waals surface area contributed by atoms with Crippen molar-refractivity contribution in [1.82, 2.24) is 10.3 Å². The first-order chi connectivity index (χ1) is 12.3. The van der Waals surface area contributed by atoms with Gasteiger partial charge in [0.05, 0.1) is 12.2 Å². The summed E-state index contributed by atoms with van der Waals surface area (Å²) in [6.07, 6.45) is 3.49. The Bertz CT molecular complexity index is 807. The predicted molar refractivity (Wildman–Crippen MR) is 97.5 cm³/mol. The van der Waals surface area contributed by atoms with Crippen LogP contribution >= 0.6 is 0 Å². The van der Waals surface area contributed by atoms with Crippen molar-refractivity contribution in [2.24, 2.45) is 0 Å². The maximum absolute atomic E-state index is 12.2. The topological polar surface area (TPSA) is 63.2 Å². The fraction of sp³-hybridized carbons (Fsp3) is 0.100. The molecule has 0 aliphatic heterocycles. The van der Waals surface area contributed by atoms with E-state index < -0.39 is 0 Å². The molecule has 2 aromatic carbocycles. The lowest BCUT2D eigenvalue weighted by Crippen LogP contribution is -2.27. The maximum Gasteiger partial charge on any atom is 0.238 e. The summed E-state index contributed by atoms with van der Waals surface area (Å²) in [5.74, 6) is 1.20. The number of anilines is 1. The van der Waals surface area contributed by atoms with Gasteiger partial charge >= 0.3 is 0 Å². The van der Waals surface area contributed by atoms with Crippen molar-refractivity contribution < 1.29 is 9.53 Å². The average Bonchev–Trinajstić information content (AvgIpc) is 2.65. The van der Waals surface area contributed by atoms with E-state index in [0.29, 0.717) is 18.0 Å². The molecule has 0 spiro atoms. The number of benzene rings is 2. The third kappa shape index (κ3) is 5.16. The summed E-state index contributed by atoms with van der Waals surface area (Å²) in [5, 5.41) is 5.97. The average molecular weight is 333 g/mol. The molecule has 0 bridgehead atoms. The van der Waals surface area contributed by atoms with Gasteiger partial charge in [-0.2, -0.15) is 0 Å². The number of nitrogens with one attached hydrogen (secondary N) is 2. The third-order valence-corrected chi connectivity index (χ3v) is 3.47. The van der Waals surface area contributed by atoms with Gasteiger partial charge in [-0.15, -0.1) is 0 Å². The van der Waals surface area contributed by atoms with E-state index in [9.17, 15) is 4.79 Å². The van der Waals surface area contributed by atoms with Gasteiger partial charge in [-0.3, -0.25) is 9.78 Å². The van der Waals surface area contributed by atoms with E-state index in [0.717, 1.165) is 11.3 Å². The number of hydrogen-bond acceptors (Lipinski definition) is 4. The molecule has 0 fully saturated rings. The smallest absolute Gasteiger partial charge is 0.238 e. The Hall–Kier alpha value is -3.18. The first-order valence-electron chi connectivity index (χ1n) is 8.03. The molecular formula is C20H19N3O2. The molecule has 1 amide bonds. The molecule has 3 rings (SSSR count). The number of rotatable bonds is 7. The highest BCUT2D eigenvalue weighted by molar-refractivity contribution is 5.93. The van der Waals surface area contributed by atoms with Gasteiger partial charge in [-0.05, 0) is 35.9 Å². The van der Waals surface area contributed by atoms with Crippen LogP contribution < -0.4 is 15.4 Å². The van der Waals surface area contributed by atoms with Crippen LogP contribution in [0, 0.1) is 0 Å². The van der Waals surface area contributed by atoms with Crippen LogP contribution in [0.25, 0.3) is 0 Å². The molecule has 0 atom stereocenters. The molecule has 0 saturated heterocycles. The molecule has 126 valence electrons. The van der Waals surface area contributed by atoms with E-state index in [-0.39, 0.29) is 12.5 Å². The number of amides is 1. The molecule has 1 aromatic heterocycles. The summed E-state index contributed by atoms with van der Waals surface area (Å²) in [6.45, 7) is 0.790. The maximum atomic E-state index is 12.2. The Morgan fingerprint density at radius 3 is 2.56 bits per heavy atom. The van der Waals surface area contributed by atoms with Crippen LogP contribution in [0.2, 0.25) is 0 Å². The SMILES string of the molecule is O=C(CNCc1cccnc1)Nc1ccccc1Oc1ccccc1. The van der Waals surface area contributed by atoms with E-state index in [2.05, 4.69) is 15.6 Å². The highest BCUT2D eigenvalue weighted by Gasteiger charge is 2.08. The lowest BCUT2D eigenvalue weighted by molar-refractivity contribution is -0.115. The molecule has 0 radical (unpaired) electrons. The number of nitrogens with zero attached hydrogens (tertiary/aromatic N) is 1. The summed E-state index contributed by atoms with van der Waals surface area (Å²) >= 11 is 0. The normalized spacial score (nSPS) is 10.2. The fourth-order valence-corrected chi connectivity index (χ4v) is 2.29. The van der Waals surface area contributed by atoms with Crippen LogP contribution in [0.15, 0.2) is 79.1 Å². The molecule has 0 unspecified atom stereocenters. The molecule has 0 aliphatic carbocycles. The molecule has 0 saturated carbocycles. The quantitative estimate of drug-likeness (QED) is 0.693. The Balaban J connectivity index is 1.56. The molecule has 2 N–H and O–H groups in total. The minimum absolute atomic E-state index is 0.131. The lowest BCUT2D eigenvalue weighted by Gasteiger charge is -2.12. The Kier molecular flexibility index (Phi) is 5.74. The van der Waals surface area contributed by atoms with Crippen LogP contribution in [-0.4, -0.2) is 17.4 Å². The van der Waals surface area contributed by atoms with Gasteiger partial charge < -0.3 is 15.4 Å². The predicted octanol–water partition coefficient (Wildman–Crippen LogP) is 3.60. The second-order valence-corrected chi connectivity index (χ2v) is 5.42. The molecule has 5 heteroatoms. The summed E-state index contributed by atoms with van der Waals surface area (Å²) in [6, 6.07) is 20.7. The summed E-state index contributed by atoms with van der Waals surface area (Å²) in [4.78, 5) is 16.2. The lowest BCUT2D eigenvalue weighted by atomic mass is 10.2. The number of aromatic nitrogens is 1. The van der Waals surface area contributed by atoms with Gasteiger partial charge in [-0.1, -0.05) is 36.4 Å². The molecule has 1 heterocycles. The van der Waals surface area contributed by atoms with Crippen molar-refractivity contribution in [2.75, 3.05) is 11.9 Å². The Morgan fingerprint density at radius 1 is 0.960 bits per heavy atom. The van der Waals surface area contributed by atoms with Crippen LogP contribution in [0.1, 0.15) is 5.56 Å². The Labute approximate surface area is 146 Å². The van der Waals surface area contributed by atoms with Gasteiger partial charge in [0.2, 0.25) is 5.91 Å². The molecule has 25 heavy (non-hydrogen) atoms. The highest BCUT2D eigenvalue weighted by Crippen LogP contribution is 2.28. The van der Waals surface area contributed by atoms with Crippen molar-refractivity contribution in [3.05, 3.63) is 84.7 Å².